The molecule has 104 valence electrons. The van der Waals surface area contributed by atoms with Gasteiger partial charge in [-0.3, -0.25) is 0 Å². The Morgan fingerprint density at radius 2 is 1.00 bits per heavy atom. The molecule has 0 aliphatic heterocycles. The highest BCUT2D eigenvalue weighted by atomic mass is 15.0. The molecule has 0 spiro atoms. The van der Waals surface area contributed by atoms with Crippen molar-refractivity contribution in [3.8, 4) is 0 Å². The van der Waals surface area contributed by atoms with E-state index in [-0.39, 0.29) is 5.41 Å². The van der Waals surface area contributed by atoms with Crippen LogP contribution in [0.1, 0.15) is 36.8 Å². The fourth-order valence-corrected chi connectivity index (χ4v) is 3.40. The summed E-state index contributed by atoms with van der Waals surface area (Å²) in [6.45, 7) is 0. The molecule has 1 fully saturated rings. The van der Waals surface area contributed by atoms with Gasteiger partial charge in [-0.15, -0.1) is 0 Å². The van der Waals surface area contributed by atoms with Crippen LogP contribution in [0.4, 0.5) is 0 Å². The summed E-state index contributed by atoms with van der Waals surface area (Å²) in [7, 11) is 0. The van der Waals surface area contributed by atoms with Crippen LogP contribution in [-0.4, -0.2) is 5.66 Å². The van der Waals surface area contributed by atoms with Crippen molar-refractivity contribution in [2.75, 3.05) is 0 Å². The van der Waals surface area contributed by atoms with Crippen LogP contribution in [0.2, 0.25) is 0 Å². The molecule has 0 aromatic heterocycles. The highest BCUT2D eigenvalue weighted by Crippen LogP contribution is 2.45. The molecule has 2 nitrogen and oxygen atoms in total. The highest BCUT2D eigenvalue weighted by Gasteiger charge is 2.41. The number of nitrogens with two attached hydrogens (primary N) is 2. The summed E-state index contributed by atoms with van der Waals surface area (Å²) < 4.78 is 0. The molecule has 1 aliphatic carbocycles. The van der Waals surface area contributed by atoms with Gasteiger partial charge in [-0.05, 0) is 36.8 Å². The predicted molar refractivity (Wildman–Crippen MR) is 83.2 cm³/mol. The van der Waals surface area contributed by atoms with Crippen LogP contribution in [0.15, 0.2) is 60.7 Å². The summed E-state index contributed by atoms with van der Waals surface area (Å²) in [5, 5.41) is 0. The fraction of sp³-hybridized carbons (Fsp3) is 0.333. The average molecular weight is 266 g/mol. The van der Waals surface area contributed by atoms with Gasteiger partial charge in [-0.1, -0.05) is 60.7 Å². The van der Waals surface area contributed by atoms with E-state index >= 15 is 0 Å². The molecular weight excluding hydrogens is 244 g/mol. The van der Waals surface area contributed by atoms with Gasteiger partial charge in [-0.25, -0.2) is 0 Å². The monoisotopic (exact) mass is 266 g/mol. The van der Waals surface area contributed by atoms with Crippen molar-refractivity contribution in [3.63, 3.8) is 0 Å². The first-order valence-electron chi connectivity index (χ1n) is 7.31. The molecule has 1 aliphatic rings. The molecular formula is C18H22N2. The highest BCUT2D eigenvalue weighted by molar-refractivity contribution is 5.40. The lowest BCUT2D eigenvalue weighted by atomic mass is 9.63. The molecule has 2 aromatic rings. The van der Waals surface area contributed by atoms with E-state index in [1.54, 1.807) is 0 Å². The lowest BCUT2D eigenvalue weighted by Gasteiger charge is -2.44. The maximum absolute atomic E-state index is 6.13. The Bertz CT molecular complexity index is 509. The molecule has 4 N–H and O–H groups in total. The first-order valence-corrected chi connectivity index (χ1v) is 7.31. The molecule has 0 bridgehead atoms. The SMILES string of the molecule is NC1(N)CCC(c2ccccc2)(c2ccccc2)CC1. The Kier molecular flexibility index (Phi) is 3.36. The Balaban J connectivity index is 2.06. The number of benzene rings is 2. The van der Waals surface area contributed by atoms with Crippen LogP contribution < -0.4 is 11.5 Å². The topological polar surface area (TPSA) is 52.0 Å². The van der Waals surface area contributed by atoms with E-state index in [2.05, 4.69) is 60.7 Å². The second-order valence-electron chi connectivity index (χ2n) is 6.05. The molecule has 0 unspecified atom stereocenters. The van der Waals surface area contributed by atoms with Crippen molar-refractivity contribution in [3.05, 3.63) is 71.8 Å². The molecule has 0 saturated heterocycles. The second-order valence-corrected chi connectivity index (χ2v) is 6.05. The zero-order valence-electron chi connectivity index (χ0n) is 11.8. The molecule has 0 amide bonds. The van der Waals surface area contributed by atoms with Gasteiger partial charge in [0.05, 0.1) is 5.66 Å². The molecule has 1 saturated carbocycles. The van der Waals surface area contributed by atoms with Crippen LogP contribution in [-0.2, 0) is 5.41 Å². The molecule has 2 aromatic carbocycles. The first-order chi connectivity index (χ1) is 9.62. The van der Waals surface area contributed by atoms with Gasteiger partial charge >= 0.3 is 0 Å². The normalized spacial score (nSPS) is 20.5. The third-order valence-corrected chi connectivity index (χ3v) is 4.69. The predicted octanol–water partition coefficient (Wildman–Crippen LogP) is 3.16. The molecule has 0 atom stereocenters. The maximum atomic E-state index is 6.13. The minimum atomic E-state index is -0.507. The van der Waals surface area contributed by atoms with E-state index in [0.29, 0.717) is 0 Å². The van der Waals surface area contributed by atoms with Crippen molar-refractivity contribution in [1.82, 2.24) is 0 Å². The van der Waals surface area contributed by atoms with E-state index in [1.807, 2.05) is 0 Å². The zero-order valence-corrected chi connectivity index (χ0v) is 11.8. The maximum Gasteiger partial charge on any atom is 0.0637 e. The van der Waals surface area contributed by atoms with Crippen LogP contribution in [0, 0.1) is 0 Å². The largest absolute Gasteiger partial charge is 0.313 e. The second kappa shape index (κ2) is 5.04. The van der Waals surface area contributed by atoms with Crippen molar-refractivity contribution in [2.45, 2.75) is 36.8 Å². The van der Waals surface area contributed by atoms with Gasteiger partial charge in [0.1, 0.15) is 0 Å². The van der Waals surface area contributed by atoms with Crippen LogP contribution >= 0.6 is 0 Å². The summed E-state index contributed by atoms with van der Waals surface area (Å²) in [4.78, 5) is 0. The van der Waals surface area contributed by atoms with Gasteiger partial charge < -0.3 is 11.5 Å². The van der Waals surface area contributed by atoms with Gasteiger partial charge in [-0.2, -0.15) is 0 Å². The molecule has 0 radical (unpaired) electrons. The molecule has 2 heteroatoms. The van der Waals surface area contributed by atoms with Gasteiger partial charge in [0, 0.05) is 5.41 Å². The van der Waals surface area contributed by atoms with Gasteiger partial charge in [0.15, 0.2) is 0 Å². The fourth-order valence-electron chi connectivity index (χ4n) is 3.40. The standard InChI is InChI=1S/C18H22N2/c19-18(20)13-11-17(12-14-18,15-7-3-1-4-8-15)16-9-5-2-6-10-16/h1-10H,11-14,19-20H2. The quantitative estimate of drug-likeness (QED) is 0.820. The number of rotatable bonds is 2. The summed E-state index contributed by atoms with van der Waals surface area (Å²) >= 11 is 0. The van der Waals surface area contributed by atoms with E-state index in [4.69, 9.17) is 11.5 Å². The Hall–Kier alpha value is -1.64. The van der Waals surface area contributed by atoms with Crippen LogP contribution in [0.25, 0.3) is 0 Å². The number of hydrogen-bond donors (Lipinski definition) is 2. The van der Waals surface area contributed by atoms with Crippen molar-refractivity contribution in [1.29, 1.82) is 0 Å². The minimum absolute atomic E-state index is 0.0603. The van der Waals surface area contributed by atoms with Gasteiger partial charge in [0.2, 0.25) is 0 Å². The van der Waals surface area contributed by atoms with E-state index in [1.165, 1.54) is 11.1 Å². The number of hydrogen-bond acceptors (Lipinski definition) is 2. The van der Waals surface area contributed by atoms with Crippen molar-refractivity contribution < 1.29 is 0 Å². The van der Waals surface area contributed by atoms with Crippen LogP contribution in [0.5, 0.6) is 0 Å². The third kappa shape index (κ3) is 2.37. The van der Waals surface area contributed by atoms with E-state index < -0.39 is 5.66 Å². The van der Waals surface area contributed by atoms with E-state index in [0.717, 1.165) is 25.7 Å². The van der Waals surface area contributed by atoms with Crippen molar-refractivity contribution >= 4 is 0 Å². The third-order valence-electron chi connectivity index (χ3n) is 4.69. The zero-order chi connectivity index (χ0) is 14.1. The minimum Gasteiger partial charge on any atom is -0.313 e. The Labute approximate surface area is 120 Å². The summed E-state index contributed by atoms with van der Waals surface area (Å²) in [6.07, 6.45) is 3.73. The lowest BCUT2D eigenvalue weighted by Crippen LogP contribution is -2.54. The Morgan fingerprint density at radius 1 is 0.600 bits per heavy atom. The molecule has 0 heterocycles. The van der Waals surface area contributed by atoms with Crippen LogP contribution in [0.3, 0.4) is 0 Å². The van der Waals surface area contributed by atoms with E-state index in [9.17, 15) is 0 Å². The summed E-state index contributed by atoms with van der Waals surface area (Å²) in [6, 6.07) is 21.5. The molecule has 20 heavy (non-hydrogen) atoms. The Morgan fingerprint density at radius 3 is 1.40 bits per heavy atom. The summed E-state index contributed by atoms with van der Waals surface area (Å²) in [5.41, 5.74) is 14.6. The average Bonchev–Trinajstić information content (AvgIpc) is 2.50. The van der Waals surface area contributed by atoms with Crippen molar-refractivity contribution in [2.24, 2.45) is 11.5 Å². The summed E-state index contributed by atoms with van der Waals surface area (Å²) in [5.74, 6) is 0. The lowest BCUT2D eigenvalue weighted by molar-refractivity contribution is 0.232. The van der Waals surface area contributed by atoms with Gasteiger partial charge in [0.25, 0.3) is 0 Å². The molecule has 3 rings (SSSR count). The first kappa shape index (κ1) is 13.3. The smallest absolute Gasteiger partial charge is 0.0637 e.